The van der Waals surface area contributed by atoms with E-state index < -0.39 is 23.4 Å². The summed E-state index contributed by atoms with van der Waals surface area (Å²) in [5.41, 5.74) is 7.30. The number of amides is 1. The molecule has 0 aliphatic heterocycles. The Balaban J connectivity index is 1.64. The maximum atomic E-state index is 12.5. The molecule has 158 valence electrons. The molecule has 3 N–H and O–H groups in total. The molecule has 1 amide bonds. The third-order valence-electron chi connectivity index (χ3n) is 4.62. The quantitative estimate of drug-likeness (QED) is 0.249. The van der Waals surface area contributed by atoms with Gasteiger partial charge in [0.2, 0.25) is 0 Å². The predicted molar refractivity (Wildman–Crippen MR) is 115 cm³/mol. The zero-order chi connectivity index (χ0) is 22.2. The molecule has 8 nitrogen and oxygen atoms in total. The van der Waals surface area contributed by atoms with Crippen LogP contribution in [-0.4, -0.2) is 23.4 Å². The first-order chi connectivity index (χ1) is 14.9. The molecule has 0 saturated heterocycles. The fourth-order valence-corrected chi connectivity index (χ4v) is 3.08. The first kappa shape index (κ1) is 21.5. The number of non-ortho nitro benzene ring substituents is 1. The summed E-state index contributed by atoms with van der Waals surface area (Å²) in [6.45, 7) is -0.507. The zero-order valence-corrected chi connectivity index (χ0v) is 16.6. The second-order valence-corrected chi connectivity index (χ2v) is 6.83. The average molecular weight is 419 g/mol. The lowest BCUT2D eigenvalue weighted by atomic mass is 9.99. The van der Waals surface area contributed by atoms with Crippen molar-refractivity contribution in [2.45, 2.75) is 12.5 Å². The minimum absolute atomic E-state index is 0.0395. The first-order valence-corrected chi connectivity index (χ1v) is 9.53. The van der Waals surface area contributed by atoms with Crippen molar-refractivity contribution >= 4 is 23.3 Å². The van der Waals surface area contributed by atoms with Gasteiger partial charge in [-0.05, 0) is 23.6 Å². The number of rotatable bonds is 8. The van der Waals surface area contributed by atoms with Crippen LogP contribution in [0.25, 0.3) is 0 Å². The molecule has 0 bridgehead atoms. The molecule has 0 unspecified atom stereocenters. The maximum absolute atomic E-state index is 12.5. The fourth-order valence-electron chi connectivity index (χ4n) is 3.08. The molecule has 0 aromatic heterocycles. The van der Waals surface area contributed by atoms with Gasteiger partial charge in [0.25, 0.3) is 11.6 Å². The Morgan fingerprint density at radius 1 is 1.00 bits per heavy atom. The Bertz CT molecular complexity index is 1070. The van der Waals surface area contributed by atoms with Crippen LogP contribution in [0.15, 0.2) is 78.9 Å². The Labute approximate surface area is 178 Å². The molecule has 0 aliphatic rings. The molecular weight excluding hydrogens is 398 g/mol. The number of esters is 1. The summed E-state index contributed by atoms with van der Waals surface area (Å²) >= 11 is 0. The van der Waals surface area contributed by atoms with Gasteiger partial charge >= 0.3 is 5.97 Å². The second kappa shape index (κ2) is 10.0. The third kappa shape index (κ3) is 5.89. The number of nitrogen functional groups attached to an aromatic ring is 1. The highest BCUT2D eigenvalue weighted by Gasteiger charge is 2.19. The minimum atomic E-state index is -0.832. The molecule has 3 rings (SSSR count). The van der Waals surface area contributed by atoms with E-state index in [0.717, 1.165) is 23.3 Å². The summed E-state index contributed by atoms with van der Waals surface area (Å²) in [6.07, 6.45) is 0.569. The van der Waals surface area contributed by atoms with E-state index in [2.05, 4.69) is 5.32 Å². The van der Waals surface area contributed by atoms with Crippen LogP contribution in [0.5, 0.6) is 0 Å². The Kier molecular flexibility index (Phi) is 6.95. The number of carbonyl (C=O) groups is 2. The van der Waals surface area contributed by atoms with Crippen molar-refractivity contribution in [1.29, 1.82) is 0 Å². The molecule has 3 aromatic carbocycles. The first-order valence-electron chi connectivity index (χ1n) is 9.53. The highest BCUT2D eigenvalue weighted by molar-refractivity contribution is 5.96. The lowest BCUT2D eigenvalue weighted by Crippen LogP contribution is -2.33. The molecule has 1 atom stereocenters. The predicted octanol–water partition coefficient (Wildman–Crippen LogP) is 3.43. The van der Waals surface area contributed by atoms with Crippen LogP contribution in [0.3, 0.4) is 0 Å². The maximum Gasteiger partial charge on any atom is 0.340 e. The molecule has 0 spiro atoms. The van der Waals surface area contributed by atoms with Crippen molar-refractivity contribution in [1.82, 2.24) is 5.32 Å². The van der Waals surface area contributed by atoms with E-state index in [-0.39, 0.29) is 23.0 Å². The summed E-state index contributed by atoms with van der Waals surface area (Å²) < 4.78 is 5.06. The van der Waals surface area contributed by atoms with Gasteiger partial charge in [0.05, 0.1) is 22.2 Å². The van der Waals surface area contributed by atoms with Gasteiger partial charge in [0, 0.05) is 12.1 Å². The van der Waals surface area contributed by atoms with Crippen LogP contribution in [0.2, 0.25) is 0 Å². The van der Waals surface area contributed by atoms with E-state index >= 15 is 0 Å². The molecule has 0 radical (unpaired) electrons. The van der Waals surface area contributed by atoms with Gasteiger partial charge in [-0.3, -0.25) is 14.9 Å². The van der Waals surface area contributed by atoms with Crippen LogP contribution in [0, 0.1) is 10.1 Å². The molecule has 0 heterocycles. The zero-order valence-electron chi connectivity index (χ0n) is 16.6. The monoisotopic (exact) mass is 419 g/mol. The Morgan fingerprint density at radius 3 is 2.26 bits per heavy atom. The van der Waals surface area contributed by atoms with E-state index in [0.29, 0.717) is 6.42 Å². The van der Waals surface area contributed by atoms with Gasteiger partial charge in [-0.15, -0.1) is 0 Å². The second-order valence-electron chi connectivity index (χ2n) is 6.83. The van der Waals surface area contributed by atoms with Gasteiger partial charge < -0.3 is 15.8 Å². The number of ether oxygens (including phenoxy) is 1. The van der Waals surface area contributed by atoms with Crippen molar-refractivity contribution in [3.8, 4) is 0 Å². The summed E-state index contributed by atoms with van der Waals surface area (Å²) in [4.78, 5) is 34.9. The Morgan fingerprint density at radius 2 is 1.65 bits per heavy atom. The van der Waals surface area contributed by atoms with Crippen molar-refractivity contribution in [3.05, 3.63) is 106 Å². The lowest BCUT2D eigenvalue weighted by Gasteiger charge is -2.19. The van der Waals surface area contributed by atoms with E-state index in [4.69, 9.17) is 10.5 Å². The fraction of sp³-hybridized carbons (Fsp3) is 0.130. The number of anilines is 1. The largest absolute Gasteiger partial charge is 0.452 e. The minimum Gasteiger partial charge on any atom is -0.452 e. The van der Waals surface area contributed by atoms with Crippen LogP contribution in [-0.2, 0) is 16.0 Å². The normalized spacial score (nSPS) is 11.4. The average Bonchev–Trinajstić information content (AvgIpc) is 2.78. The van der Waals surface area contributed by atoms with Crippen molar-refractivity contribution in [2.24, 2.45) is 0 Å². The van der Waals surface area contributed by atoms with Crippen LogP contribution < -0.4 is 11.1 Å². The molecular formula is C23H21N3O5. The van der Waals surface area contributed by atoms with Crippen molar-refractivity contribution in [3.63, 3.8) is 0 Å². The van der Waals surface area contributed by atoms with Gasteiger partial charge in [0.15, 0.2) is 6.61 Å². The molecule has 0 saturated carbocycles. The van der Waals surface area contributed by atoms with Gasteiger partial charge in [0.1, 0.15) is 0 Å². The number of nitro groups is 1. The third-order valence-corrected chi connectivity index (χ3v) is 4.62. The highest BCUT2D eigenvalue weighted by atomic mass is 16.6. The van der Waals surface area contributed by atoms with Crippen molar-refractivity contribution < 1.29 is 19.2 Å². The topological polar surface area (TPSA) is 125 Å². The number of hydrogen-bond acceptors (Lipinski definition) is 6. The van der Waals surface area contributed by atoms with Crippen LogP contribution in [0.4, 0.5) is 11.4 Å². The number of hydrogen-bond donors (Lipinski definition) is 2. The standard InChI is InChI=1S/C23H21N3O5/c24-20-14-18(26(29)30)11-12-19(20)23(28)31-15-22(27)25-21(17-9-5-2-6-10-17)13-16-7-3-1-4-8-16/h1-12,14,21H,13,15,24H2,(H,25,27)/t21-/m1/s1. The number of carbonyl (C=O) groups excluding carboxylic acids is 2. The SMILES string of the molecule is Nc1cc([N+](=O)[O-])ccc1C(=O)OCC(=O)N[C@H](Cc1ccccc1)c1ccccc1. The molecule has 31 heavy (non-hydrogen) atoms. The number of benzene rings is 3. The number of nitrogens with two attached hydrogens (primary N) is 1. The number of nitrogens with zero attached hydrogens (tertiary/aromatic N) is 1. The number of nitro benzene ring substituents is 1. The molecule has 3 aromatic rings. The van der Waals surface area contributed by atoms with E-state index in [9.17, 15) is 19.7 Å². The molecule has 0 aliphatic carbocycles. The number of nitrogens with one attached hydrogen (secondary N) is 1. The van der Waals surface area contributed by atoms with Crippen LogP contribution in [0.1, 0.15) is 27.5 Å². The summed E-state index contributed by atoms with van der Waals surface area (Å²) in [6, 6.07) is 22.3. The summed E-state index contributed by atoms with van der Waals surface area (Å²) in [5.74, 6) is -1.31. The highest BCUT2D eigenvalue weighted by Crippen LogP contribution is 2.21. The summed E-state index contributed by atoms with van der Waals surface area (Å²) in [7, 11) is 0. The van der Waals surface area contributed by atoms with Crippen molar-refractivity contribution in [2.75, 3.05) is 12.3 Å². The molecule has 8 heteroatoms. The van der Waals surface area contributed by atoms with Gasteiger partial charge in [-0.25, -0.2) is 4.79 Å². The Hall–Kier alpha value is -4.20. The van der Waals surface area contributed by atoms with Crippen LogP contribution >= 0.6 is 0 Å². The summed E-state index contributed by atoms with van der Waals surface area (Å²) in [5, 5.41) is 13.7. The van der Waals surface area contributed by atoms with E-state index in [1.165, 1.54) is 6.07 Å². The molecule has 0 fully saturated rings. The van der Waals surface area contributed by atoms with E-state index in [1.807, 2.05) is 60.7 Å². The smallest absolute Gasteiger partial charge is 0.340 e. The van der Waals surface area contributed by atoms with Gasteiger partial charge in [-0.1, -0.05) is 60.7 Å². The van der Waals surface area contributed by atoms with E-state index in [1.54, 1.807) is 0 Å². The van der Waals surface area contributed by atoms with Gasteiger partial charge in [-0.2, -0.15) is 0 Å². The lowest BCUT2D eigenvalue weighted by molar-refractivity contribution is -0.384.